The fourth-order valence-electron chi connectivity index (χ4n) is 2.54. The lowest BCUT2D eigenvalue weighted by atomic mass is 10.1. The molecule has 0 saturated carbocycles. The lowest BCUT2D eigenvalue weighted by Crippen LogP contribution is -2.29. The molecule has 0 spiro atoms. The normalized spacial score (nSPS) is 13.2. The molecule has 0 fully saturated rings. The molecule has 20 heavy (non-hydrogen) atoms. The predicted octanol–water partition coefficient (Wildman–Crippen LogP) is 3.04. The number of ether oxygens (including phenoxy) is 1. The van der Waals surface area contributed by atoms with Gasteiger partial charge in [-0.05, 0) is 36.2 Å². The van der Waals surface area contributed by atoms with Gasteiger partial charge in [-0.15, -0.1) is 0 Å². The Hall–Kier alpha value is -2.36. The summed E-state index contributed by atoms with van der Waals surface area (Å²) in [5.74, 6) is -0.284. The van der Waals surface area contributed by atoms with Crippen molar-refractivity contribution in [3.05, 3.63) is 59.4 Å². The Morgan fingerprint density at radius 3 is 2.85 bits per heavy atom. The van der Waals surface area contributed by atoms with Crippen molar-refractivity contribution in [1.82, 2.24) is 0 Å². The van der Waals surface area contributed by atoms with Crippen LogP contribution in [0.1, 0.15) is 15.9 Å². The van der Waals surface area contributed by atoms with E-state index >= 15 is 0 Å². The summed E-state index contributed by atoms with van der Waals surface area (Å²) in [5, 5.41) is 0. The number of para-hydroxylation sites is 1. The van der Waals surface area contributed by atoms with Crippen LogP contribution in [-0.4, -0.2) is 19.6 Å². The van der Waals surface area contributed by atoms with E-state index in [1.54, 1.807) is 4.90 Å². The van der Waals surface area contributed by atoms with Crippen LogP contribution in [0.5, 0.6) is 5.75 Å². The van der Waals surface area contributed by atoms with Gasteiger partial charge in [0.2, 0.25) is 0 Å². The minimum Gasteiger partial charge on any atom is -0.496 e. The van der Waals surface area contributed by atoms with Crippen LogP contribution in [0, 0.1) is 5.82 Å². The van der Waals surface area contributed by atoms with Crippen molar-refractivity contribution >= 4 is 11.6 Å². The number of hydrogen-bond acceptors (Lipinski definition) is 2. The molecule has 0 bridgehead atoms. The van der Waals surface area contributed by atoms with Gasteiger partial charge in [0.05, 0.1) is 12.7 Å². The van der Waals surface area contributed by atoms with E-state index in [0.717, 1.165) is 17.7 Å². The molecule has 2 aromatic rings. The zero-order chi connectivity index (χ0) is 14.1. The Bertz CT molecular complexity index is 669. The van der Waals surface area contributed by atoms with Crippen LogP contribution < -0.4 is 9.64 Å². The predicted molar refractivity (Wildman–Crippen MR) is 74.8 cm³/mol. The van der Waals surface area contributed by atoms with Gasteiger partial charge in [-0.25, -0.2) is 4.39 Å². The van der Waals surface area contributed by atoms with Gasteiger partial charge in [0.15, 0.2) is 0 Å². The number of carbonyl (C=O) groups excluding carboxylic acids is 1. The molecule has 3 nitrogen and oxygen atoms in total. The first-order chi connectivity index (χ1) is 9.70. The number of methoxy groups -OCH3 is 1. The standard InChI is InChI=1S/C16H14FNO2/c1-20-15-7-6-12(17)10-13(15)16(19)18-9-8-11-4-2-3-5-14(11)18/h2-7,10H,8-9H2,1H3. The molecule has 0 saturated heterocycles. The van der Waals surface area contributed by atoms with Crippen molar-refractivity contribution in [1.29, 1.82) is 0 Å². The van der Waals surface area contributed by atoms with E-state index in [1.807, 2.05) is 24.3 Å². The van der Waals surface area contributed by atoms with Crippen LogP contribution >= 0.6 is 0 Å². The molecule has 2 aromatic carbocycles. The summed E-state index contributed by atoms with van der Waals surface area (Å²) in [7, 11) is 1.47. The smallest absolute Gasteiger partial charge is 0.262 e. The lowest BCUT2D eigenvalue weighted by molar-refractivity contribution is 0.0986. The van der Waals surface area contributed by atoms with Gasteiger partial charge in [-0.2, -0.15) is 0 Å². The van der Waals surface area contributed by atoms with Crippen LogP contribution in [0.15, 0.2) is 42.5 Å². The third kappa shape index (κ3) is 2.03. The van der Waals surface area contributed by atoms with E-state index < -0.39 is 5.82 Å². The van der Waals surface area contributed by atoms with E-state index in [-0.39, 0.29) is 11.5 Å². The summed E-state index contributed by atoms with van der Waals surface area (Å²) in [6.07, 6.45) is 0.819. The monoisotopic (exact) mass is 271 g/mol. The second-order valence-electron chi connectivity index (χ2n) is 4.68. The summed E-state index contributed by atoms with van der Waals surface area (Å²) in [6, 6.07) is 11.8. The highest BCUT2D eigenvalue weighted by Gasteiger charge is 2.27. The average molecular weight is 271 g/mol. The van der Waals surface area contributed by atoms with Crippen molar-refractivity contribution in [2.24, 2.45) is 0 Å². The highest BCUT2D eigenvalue weighted by molar-refractivity contribution is 6.09. The van der Waals surface area contributed by atoms with Crippen LogP contribution in [0.2, 0.25) is 0 Å². The molecule has 4 heteroatoms. The maximum atomic E-state index is 13.4. The minimum atomic E-state index is -0.443. The molecule has 0 aromatic heterocycles. The fourth-order valence-corrected chi connectivity index (χ4v) is 2.54. The summed E-state index contributed by atoms with van der Waals surface area (Å²) >= 11 is 0. The Morgan fingerprint density at radius 2 is 2.05 bits per heavy atom. The largest absolute Gasteiger partial charge is 0.496 e. The number of anilines is 1. The molecule has 0 aliphatic carbocycles. The number of benzene rings is 2. The minimum absolute atomic E-state index is 0.230. The Kier molecular flexibility index (Phi) is 3.14. The first kappa shape index (κ1) is 12.7. The highest BCUT2D eigenvalue weighted by Crippen LogP contribution is 2.31. The van der Waals surface area contributed by atoms with Gasteiger partial charge < -0.3 is 9.64 Å². The molecule has 0 atom stereocenters. The third-order valence-corrected chi connectivity index (χ3v) is 3.52. The van der Waals surface area contributed by atoms with E-state index in [0.29, 0.717) is 12.3 Å². The molecular weight excluding hydrogens is 257 g/mol. The number of halogens is 1. The molecular formula is C16H14FNO2. The Balaban J connectivity index is 2.00. The van der Waals surface area contributed by atoms with Crippen molar-refractivity contribution in [3.8, 4) is 5.75 Å². The topological polar surface area (TPSA) is 29.5 Å². The second-order valence-corrected chi connectivity index (χ2v) is 4.68. The van der Waals surface area contributed by atoms with Gasteiger partial charge in [-0.1, -0.05) is 18.2 Å². The molecule has 1 amide bonds. The van der Waals surface area contributed by atoms with Crippen LogP contribution in [0.25, 0.3) is 0 Å². The Morgan fingerprint density at radius 1 is 1.25 bits per heavy atom. The van der Waals surface area contributed by atoms with E-state index in [9.17, 15) is 9.18 Å². The van der Waals surface area contributed by atoms with Gasteiger partial charge in [0.25, 0.3) is 5.91 Å². The summed E-state index contributed by atoms with van der Waals surface area (Å²) in [5.41, 5.74) is 2.28. The molecule has 3 rings (SSSR count). The zero-order valence-electron chi connectivity index (χ0n) is 11.1. The Labute approximate surface area is 116 Å². The molecule has 102 valence electrons. The third-order valence-electron chi connectivity index (χ3n) is 3.52. The second kappa shape index (κ2) is 4.96. The molecule has 1 aliphatic rings. The summed E-state index contributed by atoms with van der Waals surface area (Å²) in [4.78, 5) is 14.3. The van der Waals surface area contributed by atoms with Crippen molar-refractivity contribution in [2.45, 2.75) is 6.42 Å². The van der Waals surface area contributed by atoms with E-state index in [1.165, 1.54) is 25.3 Å². The maximum absolute atomic E-state index is 13.4. The molecule has 0 radical (unpaired) electrons. The van der Waals surface area contributed by atoms with Gasteiger partial charge in [0.1, 0.15) is 11.6 Å². The average Bonchev–Trinajstić information content (AvgIpc) is 2.90. The van der Waals surface area contributed by atoms with Gasteiger partial charge in [0, 0.05) is 12.2 Å². The van der Waals surface area contributed by atoms with Crippen molar-refractivity contribution in [3.63, 3.8) is 0 Å². The van der Waals surface area contributed by atoms with Crippen LogP contribution in [0.3, 0.4) is 0 Å². The maximum Gasteiger partial charge on any atom is 0.262 e. The summed E-state index contributed by atoms with van der Waals surface area (Å²) in [6.45, 7) is 0.609. The quantitative estimate of drug-likeness (QED) is 0.840. The van der Waals surface area contributed by atoms with Crippen LogP contribution in [0.4, 0.5) is 10.1 Å². The lowest BCUT2D eigenvalue weighted by Gasteiger charge is -2.18. The molecule has 0 unspecified atom stereocenters. The highest BCUT2D eigenvalue weighted by atomic mass is 19.1. The van der Waals surface area contributed by atoms with Gasteiger partial charge in [-0.3, -0.25) is 4.79 Å². The fraction of sp³-hybridized carbons (Fsp3) is 0.188. The first-order valence-electron chi connectivity index (χ1n) is 6.44. The van der Waals surface area contributed by atoms with Crippen molar-refractivity contribution in [2.75, 3.05) is 18.6 Å². The van der Waals surface area contributed by atoms with Gasteiger partial charge >= 0.3 is 0 Å². The van der Waals surface area contributed by atoms with E-state index in [4.69, 9.17) is 4.74 Å². The number of rotatable bonds is 2. The number of amides is 1. The number of fused-ring (bicyclic) bond motifs is 1. The molecule has 1 aliphatic heterocycles. The number of carbonyl (C=O) groups is 1. The zero-order valence-corrected chi connectivity index (χ0v) is 11.1. The van der Waals surface area contributed by atoms with Crippen LogP contribution in [-0.2, 0) is 6.42 Å². The number of hydrogen-bond donors (Lipinski definition) is 0. The van der Waals surface area contributed by atoms with E-state index in [2.05, 4.69) is 0 Å². The summed E-state index contributed by atoms with van der Waals surface area (Å²) < 4.78 is 18.6. The number of nitrogens with zero attached hydrogens (tertiary/aromatic N) is 1. The first-order valence-corrected chi connectivity index (χ1v) is 6.44. The molecule has 1 heterocycles. The molecule has 0 N–H and O–H groups in total. The van der Waals surface area contributed by atoms with Crippen molar-refractivity contribution < 1.29 is 13.9 Å². The SMILES string of the molecule is COc1ccc(F)cc1C(=O)N1CCc2ccccc21.